The third-order valence-corrected chi connectivity index (χ3v) is 5.97. The second-order valence-electron chi connectivity index (χ2n) is 6.44. The molecule has 4 nitrogen and oxygen atoms in total. The Labute approximate surface area is 166 Å². The van der Waals surface area contributed by atoms with E-state index in [-0.39, 0.29) is 17.9 Å². The van der Waals surface area contributed by atoms with Gasteiger partial charge in [0.2, 0.25) is 5.91 Å². The van der Waals surface area contributed by atoms with Gasteiger partial charge in [0.15, 0.2) is 0 Å². The highest BCUT2D eigenvalue weighted by molar-refractivity contribution is 7.10. The topological polar surface area (TPSA) is 49.4 Å². The van der Waals surface area contributed by atoms with E-state index in [1.165, 1.54) is 0 Å². The monoisotopic (exact) mass is 396 g/mol. The van der Waals surface area contributed by atoms with Gasteiger partial charge in [0.25, 0.3) is 5.91 Å². The maximum absolute atomic E-state index is 13.3. The average molecular weight is 397 g/mol. The smallest absolute Gasteiger partial charge is 0.254 e. The van der Waals surface area contributed by atoms with Crippen LogP contribution in [0.1, 0.15) is 32.8 Å². The molecule has 2 aromatic carbocycles. The molecule has 0 saturated carbocycles. The summed E-state index contributed by atoms with van der Waals surface area (Å²) >= 11 is 7.59. The number of carbonyl (C=O) groups is 2. The first-order chi connectivity index (χ1) is 13.1. The molecule has 1 aliphatic heterocycles. The van der Waals surface area contributed by atoms with E-state index < -0.39 is 5.92 Å². The van der Waals surface area contributed by atoms with Gasteiger partial charge in [-0.25, -0.2) is 0 Å². The number of amides is 2. The molecular formula is C21H17ClN2O2S. The van der Waals surface area contributed by atoms with Crippen LogP contribution in [-0.2, 0) is 4.79 Å². The molecule has 2 amide bonds. The van der Waals surface area contributed by atoms with Crippen LogP contribution < -0.4 is 5.32 Å². The molecule has 2 heterocycles. The van der Waals surface area contributed by atoms with Crippen molar-refractivity contribution in [1.82, 2.24) is 4.90 Å². The molecule has 0 fully saturated rings. The fourth-order valence-corrected chi connectivity index (χ4v) is 4.65. The number of halogens is 1. The van der Waals surface area contributed by atoms with Crippen LogP contribution in [0.5, 0.6) is 0 Å². The zero-order valence-corrected chi connectivity index (χ0v) is 16.1. The number of hydrogen-bond acceptors (Lipinski definition) is 3. The van der Waals surface area contributed by atoms with E-state index in [1.807, 2.05) is 35.7 Å². The predicted molar refractivity (Wildman–Crippen MR) is 108 cm³/mol. The highest BCUT2D eigenvalue weighted by atomic mass is 35.5. The molecule has 1 N–H and O–H groups in total. The molecule has 1 aliphatic rings. The van der Waals surface area contributed by atoms with Crippen LogP contribution in [0.15, 0.2) is 66.0 Å². The largest absolute Gasteiger partial charge is 0.333 e. The van der Waals surface area contributed by atoms with E-state index in [0.29, 0.717) is 16.3 Å². The maximum atomic E-state index is 13.3. The summed E-state index contributed by atoms with van der Waals surface area (Å²) in [5.41, 5.74) is 1.95. The van der Waals surface area contributed by atoms with Gasteiger partial charge in [0, 0.05) is 28.2 Å². The summed E-state index contributed by atoms with van der Waals surface area (Å²) in [7, 11) is 1.75. The first kappa shape index (κ1) is 17.8. The van der Waals surface area contributed by atoms with Gasteiger partial charge in [-0.15, -0.1) is 11.3 Å². The van der Waals surface area contributed by atoms with Gasteiger partial charge in [-0.2, -0.15) is 0 Å². The van der Waals surface area contributed by atoms with E-state index in [2.05, 4.69) is 5.32 Å². The molecule has 136 valence electrons. The summed E-state index contributed by atoms with van der Waals surface area (Å²) in [6.07, 6.45) is 0. The molecule has 0 radical (unpaired) electrons. The highest BCUT2D eigenvalue weighted by Gasteiger charge is 2.43. The minimum Gasteiger partial charge on any atom is -0.333 e. The second kappa shape index (κ2) is 7.18. The van der Waals surface area contributed by atoms with Crippen LogP contribution in [0.4, 0.5) is 5.69 Å². The molecule has 0 spiro atoms. The average Bonchev–Trinajstić information content (AvgIpc) is 3.18. The second-order valence-corrected chi connectivity index (χ2v) is 7.86. The van der Waals surface area contributed by atoms with Crippen molar-refractivity contribution in [2.45, 2.75) is 12.0 Å². The van der Waals surface area contributed by atoms with Crippen LogP contribution in [0.3, 0.4) is 0 Å². The number of rotatable bonds is 3. The Kier molecular flexibility index (Phi) is 4.72. The van der Waals surface area contributed by atoms with E-state index in [1.54, 1.807) is 53.6 Å². The van der Waals surface area contributed by atoms with Crippen LogP contribution in [0.25, 0.3) is 0 Å². The SMILES string of the molecule is CN1C(=O)c2ccccc2[C@H](C(=O)Nc2cccc(Cl)c2)[C@@H]1c1cccs1. The van der Waals surface area contributed by atoms with Crippen molar-refractivity contribution in [3.63, 3.8) is 0 Å². The molecule has 6 heteroatoms. The number of fused-ring (bicyclic) bond motifs is 1. The summed E-state index contributed by atoms with van der Waals surface area (Å²) < 4.78 is 0. The summed E-state index contributed by atoms with van der Waals surface area (Å²) in [4.78, 5) is 28.8. The lowest BCUT2D eigenvalue weighted by Gasteiger charge is -2.39. The summed E-state index contributed by atoms with van der Waals surface area (Å²) in [5.74, 6) is -0.750. The third-order valence-electron chi connectivity index (χ3n) is 4.79. The van der Waals surface area contributed by atoms with Gasteiger partial charge in [0.1, 0.15) is 0 Å². The molecule has 3 aromatic rings. The number of thiophene rings is 1. The zero-order valence-electron chi connectivity index (χ0n) is 14.6. The van der Waals surface area contributed by atoms with Crippen molar-refractivity contribution in [3.05, 3.63) is 87.1 Å². The quantitative estimate of drug-likeness (QED) is 0.680. The summed E-state index contributed by atoms with van der Waals surface area (Å²) in [6.45, 7) is 0. The van der Waals surface area contributed by atoms with Gasteiger partial charge in [0.05, 0.1) is 12.0 Å². The van der Waals surface area contributed by atoms with Crippen LogP contribution in [0, 0.1) is 0 Å². The van der Waals surface area contributed by atoms with Crippen LogP contribution in [0.2, 0.25) is 5.02 Å². The number of benzene rings is 2. The fraction of sp³-hybridized carbons (Fsp3) is 0.143. The molecular weight excluding hydrogens is 380 g/mol. The lowest BCUT2D eigenvalue weighted by atomic mass is 9.81. The van der Waals surface area contributed by atoms with E-state index >= 15 is 0 Å². The summed E-state index contributed by atoms with van der Waals surface area (Å²) in [5, 5.41) is 5.48. The number of hydrogen-bond donors (Lipinski definition) is 1. The van der Waals surface area contributed by atoms with Crippen molar-refractivity contribution in [2.24, 2.45) is 0 Å². The number of carbonyl (C=O) groups excluding carboxylic acids is 2. The van der Waals surface area contributed by atoms with Gasteiger partial charge in [-0.05, 0) is 41.3 Å². The number of likely N-dealkylation sites (N-methyl/N-ethyl adjacent to an activating group) is 1. The Morgan fingerprint density at radius 1 is 1.11 bits per heavy atom. The number of nitrogens with one attached hydrogen (secondary N) is 1. The molecule has 0 unspecified atom stereocenters. The molecule has 4 rings (SSSR count). The first-order valence-corrected chi connectivity index (χ1v) is 9.78. The maximum Gasteiger partial charge on any atom is 0.254 e. The normalized spacial score (nSPS) is 18.9. The van der Waals surface area contributed by atoms with Gasteiger partial charge < -0.3 is 10.2 Å². The molecule has 1 aromatic heterocycles. The zero-order chi connectivity index (χ0) is 19.0. The Morgan fingerprint density at radius 3 is 2.67 bits per heavy atom. The van der Waals surface area contributed by atoms with Crippen molar-refractivity contribution >= 4 is 40.4 Å². The van der Waals surface area contributed by atoms with E-state index in [4.69, 9.17) is 11.6 Å². The Morgan fingerprint density at radius 2 is 1.93 bits per heavy atom. The molecule has 27 heavy (non-hydrogen) atoms. The predicted octanol–water partition coefficient (Wildman–Crippen LogP) is 4.95. The first-order valence-electron chi connectivity index (χ1n) is 8.52. The molecule has 0 saturated heterocycles. The van der Waals surface area contributed by atoms with Crippen molar-refractivity contribution in [2.75, 3.05) is 12.4 Å². The lowest BCUT2D eigenvalue weighted by molar-refractivity contribution is -0.119. The van der Waals surface area contributed by atoms with Crippen molar-refractivity contribution in [1.29, 1.82) is 0 Å². The van der Waals surface area contributed by atoms with Gasteiger partial charge in [-0.3, -0.25) is 9.59 Å². The van der Waals surface area contributed by atoms with E-state index in [9.17, 15) is 9.59 Å². The van der Waals surface area contributed by atoms with Crippen LogP contribution >= 0.6 is 22.9 Å². The summed E-state index contributed by atoms with van der Waals surface area (Å²) in [6, 6.07) is 17.9. The minimum absolute atomic E-state index is 0.0733. The number of anilines is 1. The van der Waals surface area contributed by atoms with Crippen molar-refractivity contribution in [3.8, 4) is 0 Å². The fourth-order valence-electron chi connectivity index (χ4n) is 3.56. The van der Waals surface area contributed by atoms with E-state index in [0.717, 1.165) is 10.4 Å². The van der Waals surface area contributed by atoms with Gasteiger partial charge >= 0.3 is 0 Å². The van der Waals surface area contributed by atoms with Crippen LogP contribution in [-0.4, -0.2) is 23.8 Å². The Balaban J connectivity index is 1.79. The highest BCUT2D eigenvalue weighted by Crippen LogP contribution is 2.43. The Hall–Kier alpha value is -2.63. The lowest BCUT2D eigenvalue weighted by Crippen LogP contribution is -2.43. The van der Waals surface area contributed by atoms with Gasteiger partial charge in [-0.1, -0.05) is 41.9 Å². The minimum atomic E-state index is -0.512. The molecule has 2 atom stereocenters. The standard InChI is InChI=1S/C21H17ClN2O2S/c1-24-19(17-10-5-11-27-17)18(15-8-2-3-9-16(15)21(24)26)20(25)23-14-7-4-6-13(22)12-14/h2-12,18-19H,1H3,(H,23,25)/t18-,19-/m0/s1. The molecule has 0 bridgehead atoms. The van der Waals surface area contributed by atoms with Crippen molar-refractivity contribution < 1.29 is 9.59 Å². The Bertz CT molecular complexity index is 1000. The molecule has 0 aliphatic carbocycles. The number of nitrogens with zero attached hydrogens (tertiary/aromatic N) is 1. The third kappa shape index (κ3) is 3.24.